The summed E-state index contributed by atoms with van der Waals surface area (Å²) in [6, 6.07) is 7.44. The van der Waals surface area contributed by atoms with Gasteiger partial charge in [0.1, 0.15) is 5.69 Å². The Balaban J connectivity index is 1.59. The van der Waals surface area contributed by atoms with Gasteiger partial charge >= 0.3 is 0 Å². The monoisotopic (exact) mass is 524 g/mol. The van der Waals surface area contributed by atoms with Gasteiger partial charge in [0.15, 0.2) is 5.82 Å². The normalized spacial score (nSPS) is 16.1. The number of nitrogens with zero attached hydrogens (tertiary/aromatic N) is 5. The molecule has 0 spiro atoms. The smallest absolute Gasteiger partial charge is 0.270 e. The zero-order valence-electron chi connectivity index (χ0n) is 21.6. The summed E-state index contributed by atoms with van der Waals surface area (Å²) in [6.07, 6.45) is 5.53. The number of nitrogens with one attached hydrogen (secondary N) is 1. The van der Waals surface area contributed by atoms with E-state index < -0.39 is 10.0 Å². The first-order valence-electron chi connectivity index (χ1n) is 12.5. The zero-order chi connectivity index (χ0) is 26.5. The lowest BCUT2D eigenvalue weighted by atomic mass is 9.96. The van der Waals surface area contributed by atoms with E-state index in [2.05, 4.69) is 10.3 Å². The van der Waals surface area contributed by atoms with E-state index in [4.69, 9.17) is 5.10 Å². The highest BCUT2D eigenvalue weighted by Gasteiger charge is 2.34. The molecular formula is C26H32N6O4S. The van der Waals surface area contributed by atoms with Gasteiger partial charge in [-0.05, 0) is 67.3 Å². The van der Waals surface area contributed by atoms with Crippen molar-refractivity contribution in [3.8, 4) is 5.82 Å². The summed E-state index contributed by atoms with van der Waals surface area (Å²) >= 11 is 0. The Kier molecular flexibility index (Phi) is 6.43. The van der Waals surface area contributed by atoms with Crippen LogP contribution in [0.5, 0.6) is 0 Å². The van der Waals surface area contributed by atoms with Gasteiger partial charge in [-0.25, -0.2) is 18.1 Å². The molecule has 0 unspecified atom stereocenters. The van der Waals surface area contributed by atoms with E-state index in [9.17, 15) is 18.0 Å². The van der Waals surface area contributed by atoms with E-state index >= 15 is 0 Å². The third-order valence-corrected chi connectivity index (χ3v) is 8.38. The number of carbonyl (C=O) groups is 2. The Labute approximate surface area is 216 Å². The Morgan fingerprint density at radius 3 is 2.49 bits per heavy atom. The number of likely N-dealkylation sites (tertiary alicyclic amines) is 1. The minimum Gasteiger partial charge on any atom is -0.354 e. The van der Waals surface area contributed by atoms with Crippen LogP contribution in [0.4, 0.5) is 5.69 Å². The maximum atomic E-state index is 13.0. The lowest BCUT2D eigenvalue weighted by Gasteiger charge is -2.39. The highest BCUT2D eigenvalue weighted by atomic mass is 32.2. The van der Waals surface area contributed by atoms with Gasteiger partial charge in [-0.3, -0.25) is 13.9 Å². The van der Waals surface area contributed by atoms with Gasteiger partial charge in [-0.1, -0.05) is 6.07 Å². The predicted molar refractivity (Wildman–Crippen MR) is 142 cm³/mol. The summed E-state index contributed by atoms with van der Waals surface area (Å²) < 4.78 is 29.0. The molecule has 1 aliphatic carbocycles. The molecule has 11 heteroatoms. The van der Waals surface area contributed by atoms with Crippen LogP contribution in [-0.2, 0) is 14.8 Å². The first-order chi connectivity index (χ1) is 17.6. The summed E-state index contributed by atoms with van der Waals surface area (Å²) in [5.41, 5.74) is 3.41. The molecule has 0 bridgehead atoms. The van der Waals surface area contributed by atoms with Crippen LogP contribution < -0.4 is 9.62 Å². The van der Waals surface area contributed by atoms with Gasteiger partial charge in [-0.2, -0.15) is 5.10 Å². The molecule has 5 rings (SSSR count). The molecule has 1 saturated carbocycles. The number of sulfonamides is 1. The van der Waals surface area contributed by atoms with Crippen molar-refractivity contribution in [3.63, 3.8) is 0 Å². The molecule has 37 heavy (non-hydrogen) atoms. The highest BCUT2D eigenvalue weighted by Crippen LogP contribution is 2.46. The number of amides is 2. The second kappa shape index (κ2) is 9.44. The third kappa shape index (κ3) is 4.92. The molecule has 3 aromatic rings. The van der Waals surface area contributed by atoms with E-state index in [0.717, 1.165) is 24.0 Å². The summed E-state index contributed by atoms with van der Waals surface area (Å²) in [6.45, 7) is 5.12. The van der Waals surface area contributed by atoms with Crippen LogP contribution in [0.15, 0.2) is 30.5 Å². The lowest BCUT2D eigenvalue weighted by molar-refractivity contribution is -0.135. The first-order valence-corrected chi connectivity index (χ1v) is 14.4. The van der Waals surface area contributed by atoms with Gasteiger partial charge in [0.25, 0.3) is 5.91 Å². The number of benzene rings is 1. The molecule has 1 aromatic carbocycles. The van der Waals surface area contributed by atoms with E-state index in [1.165, 1.54) is 15.2 Å². The molecule has 1 saturated heterocycles. The lowest BCUT2D eigenvalue weighted by Crippen LogP contribution is -2.50. The number of carbonyl (C=O) groups excluding carboxylic acids is 2. The van der Waals surface area contributed by atoms with Gasteiger partial charge in [0.2, 0.25) is 15.9 Å². The molecule has 10 nitrogen and oxygen atoms in total. The number of hydrogen-bond donors (Lipinski definition) is 1. The number of aryl methyl sites for hydroxylation is 1. The van der Waals surface area contributed by atoms with Crippen molar-refractivity contribution < 1.29 is 18.0 Å². The summed E-state index contributed by atoms with van der Waals surface area (Å²) in [4.78, 5) is 30.7. The average Bonchev–Trinajstić information content (AvgIpc) is 3.59. The number of rotatable bonds is 8. The fraction of sp³-hybridized carbons (Fsp3) is 0.462. The van der Waals surface area contributed by atoms with Gasteiger partial charge in [0.05, 0.1) is 17.5 Å². The maximum absolute atomic E-state index is 13.0. The number of fused-ring (bicyclic) bond motifs is 1. The molecule has 3 heterocycles. The first kappa shape index (κ1) is 25.2. The van der Waals surface area contributed by atoms with E-state index in [-0.39, 0.29) is 23.7 Å². The van der Waals surface area contributed by atoms with Crippen molar-refractivity contribution >= 4 is 38.4 Å². The Bertz CT molecular complexity index is 1470. The molecule has 1 N–H and O–H groups in total. The average molecular weight is 525 g/mol. The number of anilines is 1. The highest BCUT2D eigenvalue weighted by molar-refractivity contribution is 7.92. The van der Waals surface area contributed by atoms with Crippen LogP contribution in [0.2, 0.25) is 0 Å². The quantitative estimate of drug-likeness (QED) is 0.484. The van der Waals surface area contributed by atoms with Gasteiger partial charge in [0, 0.05) is 45.2 Å². The van der Waals surface area contributed by atoms with Crippen LogP contribution in [0.25, 0.3) is 16.7 Å². The van der Waals surface area contributed by atoms with Gasteiger partial charge in [-0.15, -0.1) is 0 Å². The second-order valence-corrected chi connectivity index (χ2v) is 12.1. The summed E-state index contributed by atoms with van der Waals surface area (Å²) in [5.74, 6) is 0.768. The molecule has 0 radical (unpaired) electrons. The van der Waals surface area contributed by atoms with Crippen LogP contribution in [-0.4, -0.2) is 72.8 Å². The van der Waals surface area contributed by atoms with Crippen LogP contribution in [0.1, 0.15) is 53.7 Å². The molecule has 2 fully saturated rings. The van der Waals surface area contributed by atoms with Crippen molar-refractivity contribution in [1.82, 2.24) is 25.0 Å². The Morgan fingerprint density at radius 2 is 1.92 bits per heavy atom. The van der Waals surface area contributed by atoms with Gasteiger partial charge < -0.3 is 10.2 Å². The topological polar surface area (TPSA) is 117 Å². The van der Waals surface area contributed by atoms with Crippen LogP contribution in [0, 0.1) is 12.8 Å². The fourth-order valence-electron chi connectivity index (χ4n) is 4.94. The summed E-state index contributed by atoms with van der Waals surface area (Å²) in [5, 5.41) is 8.07. The van der Waals surface area contributed by atoms with Crippen LogP contribution >= 0.6 is 0 Å². The SMILES string of the molecule is CNC(=O)c1c2cc(C3CC3)c(N(CCC3CN(C(C)=O)C3)S(C)(=O)=O)cc2nn1-c1ccc(C)cn1. The number of hydrogen-bond acceptors (Lipinski definition) is 6. The van der Waals surface area contributed by atoms with Crippen molar-refractivity contribution in [2.24, 2.45) is 5.92 Å². The molecule has 196 valence electrons. The van der Waals surface area contributed by atoms with E-state index in [1.807, 2.05) is 25.1 Å². The Morgan fingerprint density at radius 1 is 1.19 bits per heavy atom. The molecule has 0 atom stereocenters. The molecule has 2 amide bonds. The molecule has 1 aliphatic heterocycles. The van der Waals surface area contributed by atoms with E-state index in [0.29, 0.717) is 54.2 Å². The zero-order valence-corrected chi connectivity index (χ0v) is 22.4. The largest absolute Gasteiger partial charge is 0.354 e. The molecule has 2 aliphatic rings. The maximum Gasteiger partial charge on any atom is 0.270 e. The molecule has 2 aromatic heterocycles. The standard InChI is InChI=1S/C26H32N6O4S/c1-16-5-8-24(28-13-16)32-25(26(34)27-3)21-11-20(19-6-7-19)23(12-22(21)29-32)31(37(4,35)36)10-9-18-14-30(15-18)17(2)33/h5,8,11-13,18-19H,6-7,9-10,14-15H2,1-4H3,(H,27,34). The minimum absolute atomic E-state index is 0.0447. The van der Waals surface area contributed by atoms with Crippen LogP contribution in [0.3, 0.4) is 0 Å². The summed E-state index contributed by atoms with van der Waals surface area (Å²) in [7, 11) is -2.01. The van der Waals surface area contributed by atoms with Crippen molar-refractivity contribution in [2.45, 2.75) is 39.0 Å². The molecular weight excluding hydrogens is 492 g/mol. The minimum atomic E-state index is -3.58. The number of aromatic nitrogens is 3. The third-order valence-electron chi connectivity index (χ3n) is 7.20. The van der Waals surface area contributed by atoms with Crippen molar-refractivity contribution in [3.05, 3.63) is 47.3 Å². The van der Waals surface area contributed by atoms with Crippen molar-refractivity contribution in [1.29, 1.82) is 0 Å². The van der Waals surface area contributed by atoms with E-state index in [1.54, 1.807) is 31.1 Å². The Hall–Kier alpha value is -3.47. The predicted octanol–water partition coefficient (Wildman–Crippen LogP) is 2.60. The fourth-order valence-corrected chi connectivity index (χ4v) is 5.89. The second-order valence-electron chi connectivity index (χ2n) is 10.1. The van der Waals surface area contributed by atoms with Crippen molar-refractivity contribution in [2.75, 3.05) is 37.2 Å². The number of pyridine rings is 1.